The van der Waals surface area contributed by atoms with Crippen LogP contribution < -0.4 is 10.1 Å². The first-order valence-corrected chi connectivity index (χ1v) is 9.70. The maximum absolute atomic E-state index is 14.1. The molecule has 1 saturated heterocycles. The summed E-state index contributed by atoms with van der Waals surface area (Å²) in [6, 6.07) is 2.00. The first-order chi connectivity index (χ1) is 13.5. The SMILES string of the molecule is CC(=O)Nc1nc(F)c(CN2CC(Oc3nccc4nccnc34)CC2C)s1. The van der Waals surface area contributed by atoms with Crippen molar-refractivity contribution in [2.45, 2.75) is 39.0 Å². The van der Waals surface area contributed by atoms with Gasteiger partial charge in [-0.05, 0) is 13.0 Å². The number of thiazole rings is 1. The minimum atomic E-state index is -0.545. The molecule has 1 N–H and O–H groups in total. The van der Waals surface area contributed by atoms with Crippen LogP contribution in [0.4, 0.5) is 9.52 Å². The summed E-state index contributed by atoms with van der Waals surface area (Å²) in [6.07, 6.45) is 5.60. The number of anilines is 1. The quantitative estimate of drug-likeness (QED) is 0.701. The Kier molecular flexibility index (Phi) is 5.14. The van der Waals surface area contributed by atoms with Gasteiger partial charge in [-0.15, -0.1) is 0 Å². The molecule has 2 unspecified atom stereocenters. The molecule has 1 fully saturated rings. The maximum atomic E-state index is 14.1. The third-order valence-corrected chi connectivity index (χ3v) is 5.51. The standard InChI is InChI=1S/C18H19FN6O2S/c1-10-7-12(27-17-15-13(3-4-22-17)20-5-6-21-15)8-25(10)9-14-16(19)24-18(28-14)23-11(2)26/h3-6,10,12H,7-9H2,1-2H3,(H,23,24,26). The summed E-state index contributed by atoms with van der Waals surface area (Å²) in [7, 11) is 0. The Morgan fingerprint density at radius 3 is 3.00 bits per heavy atom. The molecule has 10 heteroatoms. The molecule has 28 heavy (non-hydrogen) atoms. The number of ether oxygens (including phenoxy) is 1. The van der Waals surface area contributed by atoms with Gasteiger partial charge in [0.05, 0.1) is 10.4 Å². The summed E-state index contributed by atoms with van der Waals surface area (Å²) in [6.45, 7) is 4.49. The first-order valence-electron chi connectivity index (χ1n) is 8.89. The number of nitrogens with one attached hydrogen (secondary N) is 1. The van der Waals surface area contributed by atoms with Crippen LogP contribution in [0.3, 0.4) is 0 Å². The van der Waals surface area contributed by atoms with Gasteiger partial charge in [-0.1, -0.05) is 11.3 Å². The molecule has 4 heterocycles. The van der Waals surface area contributed by atoms with E-state index in [0.29, 0.717) is 29.4 Å². The Labute approximate surface area is 164 Å². The van der Waals surface area contributed by atoms with E-state index in [1.54, 1.807) is 24.7 Å². The number of pyridine rings is 1. The smallest absolute Gasteiger partial charge is 0.242 e. The molecule has 0 spiro atoms. The number of halogens is 1. The lowest BCUT2D eigenvalue weighted by Gasteiger charge is -2.19. The third-order valence-electron chi connectivity index (χ3n) is 4.58. The first kappa shape index (κ1) is 18.6. The molecule has 4 rings (SSSR count). The van der Waals surface area contributed by atoms with E-state index in [1.165, 1.54) is 6.92 Å². The van der Waals surface area contributed by atoms with Gasteiger partial charge in [0.2, 0.25) is 17.7 Å². The second-order valence-corrected chi connectivity index (χ2v) is 7.79. The highest BCUT2D eigenvalue weighted by Crippen LogP contribution is 2.29. The van der Waals surface area contributed by atoms with Crippen LogP contribution in [-0.4, -0.2) is 49.4 Å². The summed E-state index contributed by atoms with van der Waals surface area (Å²) in [5.74, 6) is -0.355. The van der Waals surface area contributed by atoms with Crippen molar-refractivity contribution in [1.82, 2.24) is 24.8 Å². The van der Waals surface area contributed by atoms with Crippen molar-refractivity contribution in [3.05, 3.63) is 35.5 Å². The number of aromatic nitrogens is 4. The molecule has 2 atom stereocenters. The van der Waals surface area contributed by atoms with Gasteiger partial charge in [-0.3, -0.25) is 14.7 Å². The average molecular weight is 402 g/mol. The van der Waals surface area contributed by atoms with Gasteiger partial charge in [0.15, 0.2) is 10.6 Å². The van der Waals surface area contributed by atoms with Gasteiger partial charge in [-0.2, -0.15) is 9.37 Å². The monoisotopic (exact) mass is 402 g/mol. The number of rotatable bonds is 5. The second kappa shape index (κ2) is 7.72. The van der Waals surface area contributed by atoms with E-state index < -0.39 is 5.95 Å². The third kappa shape index (κ3) is 3.92. The summed E-state index contributed by atoms with van der Waals surface area (Å²) < 4.78 is 20.2. The zero-order valence-corrected chi connectivity index (χ0v) is 16.2. The van der Waals surface area contributed by atoms with Crippen LogP contribution in [0.5, 0.6) is 5.88 Å². The number of hydrogen-bond acceptors (Lipinski definition) is 8. The Morgan fingerprint density at radius 2 is 2.18 bits per heavy atom. The molecule has 0 bridgehead atoms. The number of carbonyl (C=O) groups is 1. The molecule has 3 aromatic heterocycles. The molecule has 0 aliphatic carbocycles. The van der Waals surface area contributed by atoms with Crippen molar-refractivity contribution in [2.75, 3.05) is 11.9 Å². The van der Waals surface area contributed by atoms with Crippen LogP contribution in [0.25, 0.3) is 11.0 Å². The van der Waals surface area contributed by atoms with Crippen LogP contribution in [0.1, 0.15) is 25.1 Å². The van der Waals surface area contributed by atoms with Crippen molar-refractivity contribution >= 4 is 33.4 Å². The minimum absolute atomic E-state index is 0.0825. The van der Waals surface area contributed by atoms with Gasteiger partial charge in [-0.25, -0.2) is 9.97 Å². The molecule has 8 nitrogen and oxygen atoms in total. The Hall–Kier alpha value is -2.72. The fraction of sp³-hybridized carbons (Fsp3) is 0.389. The summed E-state index contributed by atoms with van der Waals surface area (Å²) >= 11 is 1.15. The zero-order valence-electron chi connectivity index (χ0n) is 15.4. The number of carbonyl (C=O) groups excluding carboxylic acids is 1. The molecular weight excluding hydrogens is 383 g/mol. The zero-order chi connectivity index (χ0) is 19.7. The number of amides is 1. The van der Waals surface area contributed by atoms with Crippen LogP contribution in [0.15, 0.2) is 24.7 Å². The van der Waals surface area contributed by atoms with Crippen LogP contribution >= 0.6 is 11.3 Å². The van der Waals surface area contributed by atoms with E-state index in [1.807, 2.05) is 0 Å². The maximum Gasteiger partial charge on any atom is 0.242 e. The Morgan fingerprint density at radius 1 is 1.36 bits per heavy atom. The second-order valence-electron chi connectivity index (χ2n) is 6.71. The molecule has 1 amide bonds. The molecule has 146 valence electrons. The molecule has 0 saturated carbocycles. The van der Waals surface area contributed by atoms with Gasteiger partial charge in [0.1, 0.15) is 6.10 Å². The molecule has 1 aliphatic rings. The average Bonchev–Trinajstić information content (AvgIpc) is 3.17. The molecule has 1 aliphatic heterocycles. The lowest BCUT2D eigenvalue weighted by atomic mass is 10.2. The fourth-order valence-corrected chi connectivity index (χ4v) is 4.20. The van der Waals surface area contributed by atoms with E-state index in [9.17, 15) is 9.18 Å². The Bertz CT molecular complexity index is 1010. The van der Waals surface area contributed by atoms with E-state index in [4.69, 9.17) is 4.74 Å². The van der Waals surface area contributed by atoms with Gasteiger partial charge < -0.3 is 10.1 Å². The van der Waals surface area contributed by atoms with Crippen LogP contribution in [0.2, 0.25) is 0 Å². The highest BCUT2D eigenvalue weighted by Gasteiger charge is 2.32. The summed E-state index contributed by atoms with van der Waals surface area (Å²) in [5.41, 5.74) is 1.36. The van der Waals surface area contributed by atoms with Crippen LogP contribution in [-0.2, 0) is 11.3 Å². The van der Waals surface area contributed by atoms with Crippen molar-refractivity contribution in [3.8, 4) is 5.88 Å². The molecular formula is C18H19FN6O2S. The summed E-state index contributed by atoms with van der Waals surface area (Å²) in [5, 5.41) is 2.80. The highest BCUT2D eigenvalue weighted by molar-refractivity contribution is 7.15. The predicted molar refractivity (Wildman–Crippen MR) is 103 cm³/mol. The van der Waals surface area contributed by atoms with Crippen molar-refractivity contribution in [3.63, 3.8) is 0 Å². The fourth-order valence-electron chi connectivity index (χ4n) is 3.29. The van der Waals surface area contributed by atoms with Crippen LogP contribution in [0, 0.1) is 5.95 Å². The lowest BCUT2D eigenvalue weighted by Crippen LogP contribution is -2.28. The van der Waals surface area contributed by atoms with Gasteiger partial charge >= 0.3 is 0 Å². The Balaban J connectivity index is 1.45. The molecule has 0 radical (unpaired) electrons. The predicted octanol–water partition coefficient (Wildman–Crippen LogP) is 2.62. The highest BCUT2D eigenvalue weighted by atomic mass is 32.1. The van der Waals surface area contributed by atoms with Crippen molar-refractivity contribution in [1.29, 1.82) is 0 Å². The summed E-state index contributed by atoms with van der Waals surface area (Å²) in [4.78, 5) is 30.4. The van der Waals surface area contributed by atoms with E-state index in [0.717, 1.165) is 23.3 Å². The van der Waals surface area contributed by atoms with Crippen molar-refractivity contribution in [2.24, 2.45) is 0 Å². The lowest BCUT2D eigenvalue weighted by molar-refractivity contribution is -0.114. The normalized spacial score (nSPS) is 19.8. The number of nitrogens with zero attached hydrogens (tertiary/aromatic N) is 5. The van der Waals surface area contributed by atoms with Gasteiger partial charge in [0, 0.05) is 51.1 Å². The number of likely N-dealkylation sites (tertiary alicyclic amines) is 1. The number of hydrogen-bond donors (Lipinski definition) is 1. The van der Waals surface area contributed by atoms with Crippen molar-refractivity contribution < 1.29 is 13.9 Å². The molecule has 3 aromatic rings. The number of fused-ring (bicyclic) bond motifs is 1. The van der Waals surface area contributed by atoms with E-state index in [2.05, 4.69) is 37.1 Å². The molecule has 0 aromatic carbocycles. The minimum Gasteiger partial charge on any atom is -0.471 e. The topological polar surface area (TPSA) is 93.1 Å². The largest absolute Gasteiger partial charge is 0.471 e. The van der Waals surface area contributed by atoms with E-state index >= 15 is 0 Å². The van der Waals surface area contributed by atoms with Gasteiger partial charge in [0.25, 0.3) is 0 Å². The van der Waals surface area contributed by atoms with E-state index in [-0.39, 0.29) is 23.2 Å².